The van der Waals surface area contributed by atoms with E-state index < -0.39 is 29.3 Å². The number of rotatable bonds is 7. The van der Waals surface area contributed by atoms with Gasteiger partial charge in [-0.15, -0.1) is 0 Å². The van der Waals surface area contributed by atoms with E-state index in [1.54, 1.807) is 0 Å². The summed E-state index contributed by atoms with van der Waals surface area (Å²) in [5, 5.41) is 15.3. The normalized spacial score (nSPS) is 9.61. The molecule has 0 saturated carbocycles. The molecule has 0 unspecified atom stereocenters. The first-order valence-electron chi connectivity index (χ1n) is 6.45. The fourth-order valence-electron chi connectivity index (χ4n) is 1.40. The van der Waals surface area contributed by atoms with Crippen LogP contribution in [0.4, 0.5) is 5.69 Å². The van der Waals surface area contributed by atoms with Crippen LogP contribution in [-0.2, 0) is 14.4 Å². The number of ether oxygens (including phenoxy) is 1. The summed E-state index contributed by atoms with van der Waals surface area (Å²) in [5.74, 6) is -2.19. The summed E-state index contributed by atoms with van der Waals surface area (Å²) in [5.41, 5.74) is -0.116. The summed E-state index contributed by atoms with van der Waals surface area (Å²) < 4.78 is 4.82. The molecule has 0 atom stereocenters. The first-order chi connectivity index (χ1) is 10.8. The van der Waals surface area contributed by atoms with Gasteiger partial charge in [0.1, 0.15) is 6.54 Å². The van der Waals surface area contributed by atoms with E-state index in [2.05, 4.69) is 17.2 Å². The molecular formula is C14H15N3O6. The lowest BCUT2D eigenvalue weighted by molar-refractivity contribution is -0.385. The zero-order valence-electron chi connectivity index (χ0n) is 12.3. The number of carbonyl (C=O) groups excluding carboxylic acids is 3. The number of hydrogen-bond donors (Lipinski definition) is 2. The number of carbonyl (C=O) groups is 3. The number of esters is 1. The van der Waals surface area contributed by atoms with Crippen molar-refractivity contribution in [1.82, 2.24) is 10.6 Å². The molecule has 23 heavy (non-hydrogen) atoms. The van der Waals surface area contributed by atoms with E-state index in [9.17, 15) is 24.5 Å². The maximum absolute atomic E-state index is 11.6. The summed E-state index contributed by atoms with van der Waals surface area (Å²) in [6.07, 6.45) is 0. The molecule has 0 heterocycles. The molecule has 9 nitrogen and oxygen atoms in total. The van der Waals surface area contributed by atoms with Crippen LogP contribution in [0.5, 0.6) is 5.75 Å². The average molecular weight is 321 g/mol. The summed E-state index contributed by atoms with van der Waals surface area (Å²) >= 11 is 0. The van der Waals surface area contributed by atoms with Crippen LogP contribution < -0.4 is 15.4 Å². The monoisotopic (exact) mass is 321 g/mol. The van der Waals surface area contributed by atoms with Crippen LogP contribution in [0.3, 0.4) is 0 Å². The van der Waals surface area contributed by atoms with Gasteiger partial charge in [0.15, 0.2) is 0 Å². The Morgan fingerprint density at radius 3 is 2.48 bits per heavy atom. The van der Waals surface area contributed by atoms with Gasteiger partial charge < -0.3 is 15.4 Å². The number of nitro groups is 1. The van der Waals surface area contributed by atoms with Gasteiger partial charge >= 0.3 is 11.7 Å². The molecule has 1 aromatic carbocycles. The Morgan fingerprint density at radius 2 is 1.87 bits per heavy atom. The Bertz CT molecular complexity index is 656. The van der Waals surface area contributed by atoms with Crippen molar-refractivity contribution in [3.63, 3.8) is 0 Å². The zero-order valence-corrected chi connectivity index (χ0v) is 12.3. The molecule has 0 spiro atoms. The van der Waals surface area contributed by atoms with Gasteiger partial charge in [0.05, 0.1) is 11.5 Å². The third-order valence-corrected chi connectivity index (χ3v) is 2.51. The van der Waals surface area contributed by atoms with Crippen molar-refractivity contribution in [2.75, 3.05) is 13.1 Å². The minimum absolute atomic E-state index is 0.215. The third kappa shape index (κ3) is 5.96. The maximum Gasteiger partial charge on any atom is 0.331 e. The van der Waals surface area contributed by atoms with Crippen molar-refractivity contribution in [3.8, 4) is 5.75 Å². The van der Waals surface area contributed by atoms with Gasteiger partial charge in [-0.1, -0.05) is 18.7 Å². The molecule has 122 valence electrons. The molecule has 9 heteroatoms. The van der Waals surface area contributed by atoms with Gasteiger partial charge in [0.2, 0.25) is 17.6 Å². The molecule has 0 aliphatic carbocycles. The average Bonchev–Trinajstić information content (AvgIpc) is 2.50. The molecule has 0 aromatic heterocycles. The standard InChI is InChI=1S/C14H15N3O6/c1-9(2)14(20)16-7-12(18)15-8-13(19)23-11-6-4-3-5-10(11)17(21)22/h3-6H,1,7-8H2,2H3,(H,15,18)(H,16,20). The fourth-order valence-corrected chi connectivity index (χ4v) is 1.40. The van der Waals surface area contributed by atoms with Crippen LogP contribution >= 0.6 is 0 Å². The van der Waals surface area contributed by atoms with Crippen molar-refractivity contribution in [3.05, 3.63) is 46.5 Å². The highest BCUT2D eigenvalue weighted by Crippen LogP contribution is 2.25. The number of hydrogen-bond acceptors (Lipinski definition) is 6. The maximum atomic E-state index is 11.6. The third-order valence-electron chi connectivity index (χ3n) is 2.51. The SMILES string of the molecule is C=C(C)C(=O)NCC(=O)NCC(=O)Oc1ccccc1[N+](=O)[O-]. The number of nitro benzene ring substituents is 1. The van der Waals surface area contributed by atoms with Crippen molar-refractivity contribution in [1.29, 1.82) is 0 Å². The molecule has 2 amide bonds. The van der Waals surface area contributed by atoms with E-state index in [1.165, 1.54) is 31.2 Å². The summed E-state index contributed by atoms with van der Waals surface area (Å²) in [6.45, 7) is 4.07. The summed E-state index contributed by atoms with van der Waals surface area (Å²) in [4.78, 5) is 44.3. The minimum Gasteiger partial charge on any atom is -0.418 e. The Labute approximate surface area is 131 Å². The highest BCUT2D eigenvalue weighted by Gasteiger charge is 2.17. The molecule has 0 bridgehead atoms. The first-order valence-corrected chi connectivity index (χ1v) is 6.45. The van der Waals surface area contributed by atoms with E-state index in [0.29, 0.717) is 0 Å². The van der Waals surface area contributed by atoms with Gasteiger partial charge in [-0.3, -0.25) is 19.7 Å². The molecular weight excluding hydrogens is 306 g/mol. The molecule has 0 aliphatic rings. The highest BCUT2D eigenvalue weighted by molar-refractivity contribution is 5.95. The number of benzene rings is 1. The second-order valence-electron chi connectivity index (χ2n) is 4.44. The Kier molecular flexibility index (Phi) is 6.41. The Morgan fingerprint density at radius 1 is 1.22 bits per heavy atom. The highest BCUT2D eigenvalue weighted by atomic mass is 16.6. The second-order valence-corrected chi connectivity index (χ2v) is 4.44. The van der Waals surface area contributed by atoms with Gasteiger partial charge in [-0.2, -0.15) is 0 Å². The fraction of sp³-hybridized carbons (Fsp3) is 0.214. The second kappa shape index (κ2) is 8.27. The lowest BCUT2D eigenvalue weighted by atomic mass is 10.3. The Hall–Kier alpha value is -3.23. The molecule has 0 aliphatic heterocycles. The van der Waals surface area contributed by atoms with Crippen molar-refractivity contribution in [2.45, 2.75) is 6.92 Å². The molecule has 1 aromatic rings. The first kappa shape index (κ1) is 17.8. The van der Waals surface area contributed by atoms with Gasteiger partial charge in [0.25, 0.3) is 0 Å². The predicted molar refractivity (Wildman–Crippen MR) is 79.6 cm³/mol. The van der Waals surface area contributed by atoms with Crippen LogP contribution in [0.1, 0.15) is 6.92 Å². The largest absolute Gasteiger partial charge is 0.418 e. The van der Waals surface area contributed by atoms with Crippen LogP contribution in [0, 0.1) is 10.1 Å². The van der Waals surface area contributed by atoms with Crippen molar-refractivity contribution >= 4 is 23.5 Å². The van der Waals surface area contributed by atoms with Gasteiger partial charge in [-0.05, 0) is 13.0 Å². The van der Waals surface area contributed by atoms with E-state index in [1.807, 2.05) is 0 Å². The smallest absolute Gasteiger partial charge is 0.331 e. The molecule has 0 radical (unpaired) electrons. The minimum atomic E-state index is -0.876. The molecule has 1 rings (SSSR count). The number of amides is 2. The van der Waals surface area contributed by atoms with Gasteiger partial charge in [0, 0.05) is 11.6 Å². The van der Waals surface area contributed by atoms with Gasteiger partial charge in [-0.25, -0.2) is 4.79 Å². The number of nitrogens with zero attached hydrogens (tertiary/aromatic N) is 1. The topological polar surface area (TPSA) is 128 Å². The number of nitrogens with one attached hydrogen (secondary N) is 2. The van der Waals surface area contributed by atoms with E-state index in [4.69, 9.17) is 4.74 Å². The van der Waals surface area contributed by atoms with E-state index in [-0.39, 0.29) is 23.6 Å². The summed E-state index contributed by atoms with van der Waals surface area (Å²) in [6, 6.07) is 5.36. The van der Waals surface area contributed by atoms with E-state index >= 15 is 0 Å². The lowest BCUT2D eigenvalue weighted by Crippen LogP contribution is -2.40. The predicted octanol–water partition coefficient (Wildman–Crippen LogP) is 0.309. The van der Waals surface area contributed by atoms with Crippen LogP contribution in [0.2, 0.25) is 0 Å². The molecule has 0 fully saturated rings. The molecule has 0 saturated heterocycles. The van der Waals surface area contributed by atoms with Crippen LogP contribution in [-0.4, -0.2) is 35.8 Å². The number of para-hydroxylation sites is 2. The van der Waals surface area contributed by atoms with Crippen molar-refractivity contribution in [2.24, 2.45) is 0 Å². The van der Waals surface area contributed by atoms with Crippen molar-refractivity contribution < 1.29 is 24.0 Å². The summed E-state index contributed by atoms with van der Waals surface area (Å²) in [7, 11) is 0. The zero-order chi connectivity index (χ0) is 17.4. The van der Waals surface area contributed by atoms with Crippen LogP contribution in [0.25, 0.3) is 0 Å². The van der Waals surface area contributed by atoms with Crippen LogP contribution in [0.15, 0.2) is 36.4 Å². The van der Waals surface area contributed by atoms with E-state index in [0.717, 1.165) is 0 Å². The molecule has 2 N–H and O–H groups in total. The lowest BCUT2D eigenvalue weighted by Gasteiger charge is -2.07. The quantitative estimate of drug-likeness (QED) is 0.244. The Balaban J connectivity index is 2.46.